The minimum atomic E-state index is -1.14. The Labute approximate surface area is 161 Å². The van der Waals surface area contributed by atoms with E-state index in [2.05, 4.69) is 34.9 Å². The van der Waals surface area contributed by atoms with Crippen molar-refractivity contribution in [2.45, 2.75) is 24.5 Å². The standard InChI is InChI=1S/C10H12N4O4.C5H5N5O/c15-2-6-7(16)8(17)10(18-6)14-4-13-5-1-11-3-12-9(5)14;6-5-9-3-2(4(11)10-5)7-1-8-3/h1,3-4,6-8,10,15-17H,2H2;1H,(H4,6,7,8,9,10,11)/t6-,7-,8+,10-;/m1./s1. The number of rotatable bonds is 2. The van der Waals surface area contributed by atoms with Crippen LogP contribution in [0.2, 0.25) is 0 Å². The number of imidazole rings is 2. The molecular weight excluding hydrogens is 386 g/mol. The monoisotopic (exact) mass is 403 g/mol. The molecule has 0 saturated carbocycles. The number of aromatic amines is 2. The topological polar surface area (TPSA) is 214 Å². The molecule has 4 aromatic rings. The summed E-state index contributed by atoms with van der Waals surface area (Å²) in [6.07, 6.45) is 1.84. The molecule has 0 spiro atoms. The van der Waals surface area contributed by atoms with Crippen molar-refractivity contribution < 1.29 is 20.1 Å². The number of anilines is 1. The number of aliphatic hydroxyl groups excluding tert-OH is 3. The average Bonchev–Trinajstić information content (AvgIpc) is 3.41. The molecule has 7 N–H and O–H groups in total. The number of aliphatic hydroxyl groups is 3. The fourth-order valence-corrected chi connectivity index (χ4v) is 2.94. The van der Waals surface area contributed by atoms with Gasteiger partial charge in [-0.05, 0) is 0 Å². The van der Waals surface area contributed by atoms with Crippen molar-refractivity contribution >= 4 is 28.3 Å². The second-order valence-electron chi connectivity index (χ2n) is 6.16. The van der Waals surface area contributed by atoms with Gasteiger partial charge in [0.25, 0.3) is 5.56 Å². The quantitative estimate of drug-likeness (QED) is 0.209. The largest absolute Gasteiger partial charge is 0.394 e. The maximum atomic E-state index is 11.0. The van der Waals surface area contributed by atoms with Gasteiger partial charge in [0.1, 0.15) is 30.2 Å². The Bertz CT molecular complexity index is 1190. The molecule has 0 radical (unpaired) electrons. The molecule has 1 aliphatic heterocycles. The smallest absolute Gasteiger partial charge is 0.278 e. The summed E-state index contributed by atoms with van der Waals surface area (Å²) in [5.41, 5.74) is 6.71. The molecule has 0 aliphatic carbocycles. The fraction of sp³-hybridized carbons (Fsp3) is 0.333. The Morgan fingerprint density at radius 1 is 1.24 bits per heavy atom. The number of nitrogens with two attached hydrogens (primary N) is 1. The Kier molecular flexibility index (Phi) is 4.89. The second-order valence-corrected chi connectivity index (χ2v) is 6.16. The number of fused-ring (bicyclic) bond motifs is 2. The maximum Gasteiger partial charge on any atom is 0.278 e. The third-order valence-corrected chi connectivity index (χ3v) is 4.34. The number of nitrogen functional groups attached to an aromatic ring is 1. The van der Waals surface area contributed by atoms with Crippen LogP contribution in [0.5, 0.6) is 0 Å². The van der Waals surface area contributed by atoms with Gasteiger partial charge in [-0.3, -0.25) is 14.3 Å². The summed E-state index contributed by atoms with van der Waals surface area (Å²) in [4.78, 5) is 35.5. The van der Waals surface area contributed by atoms with Crippen molar-refractivity contribution in [2.75, 3.05) is 12.3 Å². The van der Waals surface area contributed by atoms with Crippen LogP contribution >= 0.6 is 0 Å². The van der Waals surface area contributed by atoms with Gasteiger partial charge in [-0.25, -0.2) is 19.9 Å². The number of hydrogen-bond donors (Lipinski definition) is 6. The summed E-state index contributed by atoms with van der Waals surface area (Å²) in [6.45, 7) is -0.365. The highest BCUT2D eigenvalue weighted by molar-refractivity contribution is 5.69. The van der Waals surface area contributed by atoms with Gasteiger partial charge in [-0.15, -0.1) is 0 Å². The number of aromatic nitrogens is 8. The molecule has 1 saturated heterocycles. The zero-order chi connectivity index (χ0) is 20.5. The molecule has 1 aliphatic rings. The zero-order valence-corrected chi connectivity index (χ0v) is 14.7. The first-order chi connectivity index (χ1) is 14.0. The molecule has 5 rings (SSSR count). The van der Waals surface area contributed by atoms with Crippen molar-refractivity contribution in [3.8, 4) is 0 Å². The van der Waals surface area contributed by atoms with E-state index in [4.69, 9.17) is 15.6 Å². The van der Waals surface area contributed by atoms with Gasteiger partial charge < -0.3 is 30.8 Å². The highest BCUT2D eigenvalue weighted by Gasteiger charge is 2.43. The van der Waals surface area contributed by atoms with E-state index in [0.29, 0.717) is 22.3 Å². The van der Waals surface area contributed by atoms with E-state index >= 15 is 0 Å². The molecule has 4 aromatic heterocycles. The van der Waals surface area contributed by atoms with Crippen molar-refractivity contribution in [2.24, 2.45) is 0 Å². The van der Waals surface area contributed by atoms with Crippen LogP contribution in [0.1, 0.15) is 6.23 Å². The third kappa shape index (κ3) is 3.40. The van der Waals surface area contributed by atoms with Crippen LogP contribution in [0, 0.1) is 0 Å². The fourth-order valence-electron chi connectivity index (χ4n) is 2.94. The van der Waals surface area contributed by atoms with Crippen molar-refractivity contribution in [3.63, 3.8) is 0 Å². The van der Waals surface area contributed by atoms with Crippen LogP contribution < -0.4 is 11.3 Å². The molecule has 0 bridgehead atoms. The number of hydrogen-bond acceptors (Lipinski definition) is 11. The van der Waals surface area contributed by atoms with Gasteiger partial charge in [-0.2, -0.15) is 4.98 Å². The molecule has 152 valence electrons. The Morgan fingerprint density at radius 3 is 2.83 bits per heavy atom. The predicted octanol–water partition coefficient (Wildman–Crippen LogP) is -2.33. The lowest BCUT2D eigenvalue weighted by Crippen LogP contribution is -2.33. The van der Waals surface area contributed by atoms with E-state index in [1.807, 2.05) is 0 Å². The van der Waals surface area contributed by atoms with E-state index in [1.165, 1.54) is 23.5 Å². The molecule has 29 heavy (non-hydrogen) atoms. The van der Waals surface area contributed by atoms with Crippen molar-refractivity contribution in [1.82, 2.24) is 39.5 Å². The second kappa shape index (κ2) is 7.51. The minimum absolute atomic E-state index is 0.0783. The first-order valence-electron chi connectivity index (χ1n) is 8.43. The SMILES string of the molecule is Nc1nc2nc[nH]c2c(=O)[nH]1.OC[C@H]1O[C@@H](n2cnc3cncnc32)[C@@H](O)[C@@H]1O. The zero-order valence-electron chi connectivity index (χ0n) is 14.7. The number of ether oxygens (including phenoxy) is 1. The Morgan fingerprint density at radius 2 is 2.07 bits per heavy atom. The molecule has 1 fully saturated rings. The van der Waals surface area contributed by atoms with E-state index in [9.17, 15) is 15.0 Å². The van der Waals surface area contributed by atoms with E-state index in [0.717, 1.165) is 0 Å². The molecule has 5 heterocycles. The first kappa shape index (κ1) is 18.9. The summed E-state index contributed by atoms with van der Waals surface area (Å²) in [5.74, 6) is 0.0783. The van der Waals surface area contributed by atoms with E-state index < -0.39 is 24.5 Å². The van der Waals surface area contributed by atoms with Crippen LogP contribution in [0.15, 0.2) is 30.0 Å². The van der Waals surface area contributed by atoms with Crippen LogP contribution in [0.4, 0.5) is 5.95 Å². The van der Waals surface area contributed by atoms with Gasteiger partial charge in [-0.1, -0.05) is 0 Å². The number of H-pyrrole nitrogens is 2. The molecule has 0 amide bonds. The van der Waals surface area contributed by atoms with Gasteiger partial charge >= 0.3 is 0 Å². The van der Waals surface area contributed by atoms with Gasteiger partial charge in [0.2, 0.25) is 5.95 Å². The lowest BCUT2D eigenvalue weighted by Gasteiger charge is -2.16. The highest BCUT2D eigenvalue weighted by Crippen LogP contribution is 2.30. The summed E-state index contributed by atoms with van der Waals surface area (Å²) in [5, 5.41) is 28.6. The minimum Gasteiger partial charge on any atom is -0.394 e. The molecule has 14 nitrogen and oxygen atoms in total. The maximum absolute atomic E-state index is 11.0. The molecule has 0 unspecified atom stereocenters. The predicted molar refractivity (Wildman–Crippen MR) is 97.3 cm³/mol. The van der Waals surface area contributed by atoms with Crippen LogP contribution in [-0.4, -0.2) is 79.7 Å². The molecular formula is C15H17N9O5. The van der Waals surface area contributed by atoms with Crippen LogP contribution in [0.25, 0.3) is 22.3 Å². The summed E-state index contributed by atoms with van der Waals surface area (Å²) >= 11 is 0. The third-order valence-electron chi connectivity index (χ3n) is 4.34. The van der Waals surface area contributed by atoms with Gasteiger partial charge in [0.15, 0.2) is 23.0 Å². The summed E-state index contributed by atoms with van der Waals surface area (Å²) < 4.78 is 6.91. The van der Waals surface area contributed by atoms with E-state index in [-0.39, 0.29) is 18.1 Å². The van der Waals surface area contributed by atoms with Gasteiger partial charge in [0.05, 0.1) is 25.5 Å². The molecule has 14 heteroatoms. The number of nitrogens with zero attached hydrogens (tertiary/aromatic N) is 6. The number of nitrogens with one attached hydrogen (secondary N) is 2. The van der Waals surface area contributed by atoms with Crippen molar-refractivity contribution in [3.05, 3.63) is 35.5 Å². The molecule has 0 aromatic carbocycles. The van der Waals surface area contributed by atoms with Crippen LogP contribution in [0.3, 0.4) is 0 Å². The summed E-state index contributed by atoms with van der Waals surface area (Å²) in [6, 6.07) is 0. The summed E-state index contributed by atoms with van der Waals surface area (Å²) in [7, 11) is 0. The lowest BCUT2D eigenvalue weighted by molar-refractivity contribution is -0.0511. The normalized spacial score (nSPS) is 24.0. The average molecular weight is 403 g/mol. The van der Waals surface area contributed by atoms with Gasteiger partial charge in [0, 0.05) is 0 Å². The first-order valence-corrected chi connectivity index (χ1v) is 8.43. The van der Waals surface area contributed by atoms with Crippen LogP contribution in [-0.2, 0) is 4.74 Å². The Balaban J connectivity index is 0.000000159. The Hall–Kier alpha value is -3.46. The highest BCUT2D eigenvalue weighted by atomic mass is 16.6. The van der Waals surface area contributed by atoms with Crippen molar-refractivity contribution in [1.29, 1.82) is 0 Å². The molecule has 4 atom stereocenters. The lowest BCUT2D eigenvalue weighted by atomic mass is 10.1. The van der Waals surface area contributed by atoms with E-state index in [1.54, 1.807) is 6.20 Å².